The molecule has 5 nitrogen and oxygen atoms in total. The molecule has 30 heavy (non-hydrogen) atoms. The van der Waals surface area contributed by atoms with E-state index in [1.54, 1.807) is 16.8 Å². The zero-order chi connectivity index (χ0) is 20.9. The lowest BCUT2D eigenvalue weighted by atomic mass is 10.1. The Morgan fingerprint density at radius 1 is 1.00 bits per heavy atom. The van der Waals surface area contributed by atoms with Crippen LogP contribution in [0.5, 0.6) is 5.88 Å². The van der Waals surface area contributed by atoms with Crippen molar-refractivity contribution in [2.45, 2.75) is 6.54 Å². The topological polar surface area (TPSA) is 56.1 Å². The lowest BCUT2D eigenvalue weighted by Crippen LogP contribution is -2.23. The van der Waals surface area contributed by atoms with Crippen molar-refractivity contribution in [3.63, 3.8) is 0 Å². The monoisotopic (exact) mass is 401 g/mol. The summed E-state index contributed by atoms with van der Waals surface area (Å²) < 4.78 is 20.7. The third-order valence-electron chi connectivity index (χ3n) is 4.65. The number of aromatic nitrogens is 2. The van der Waals surface area contributed by atoms with E-state index in [1.165, 1.54) is 19.2 Å². The molecule has 0 saturated heterocycles. The van der Waals surface area contributed by atoms with Crippen molar-refractivity contribution in [2.24, 2.45) is 0 Å². The quantitative estimate of drug-likeness (QED) is 0.513. The van der Waals surface area contributed by atoms with Gasteiger partial charge in [0.2, 0.25) is 5.88 Å². The Morgan fingerprint density at radius 3 is 2.37 bits per heavy atom. The number of halogens is 1. The van der Waals surface area contributed by atoms with Gasteiger partial charge in [-0.3, -0.25) is 4.79 Å². The van der Waals surface area contributed by atoms with Crippen LogP contribution in [0.25, 0.3) is 16.9 Å². The van der Waals surface area contributed by atoms with Crippen molar-refractivity contribution < 1.29 is 13.9 Å². The Morgan fingerprint density at radius 2 is 1.70 bits per heavy atom. The third kappa shape index (κ3) is 3.93. The number of nitrogens with zero attached hydrogens (tertiary/aromatic N) is 2. The molecule has 1 N–H and O–H groups in total. The maximum Gasteiger partial charge on any atom is 0.259 e. The summed E-state index contributed by atoms with van der Waals surface area (Å²) in [4.78, 5) is 13.2. The predicted octanol–water partition coefficient (Wildman–Crippen LogP) is 4.62. The van der Waals surface area contributed by atoms with Gasteiger partial charge < -0.3 is 10.1 Å². The van der Waals surface area contributed by atoms with Crippen LogP contribution in [-0.4, -0.2) is 22.8 Å². The van der Waals surface area contributed by atoms with E-state index < -0.39 is 0 Å². The van der Waals surface area contributed by atoms with Gasteiger partial charge in [0.25, 0.3) is 5.91 Å². The summed E-state index contributed by atoms with van der Waals surface area (Å²) in [5.41, 5.74) is 3.06. The molecular weight excluding hydrogens is 381 g/mol. The second-order valence-electron chi connectivity index (χ2n) is 6.66. The molecule has 1 amide bonds. The predicted molar refractivity (Wildman–Crippen MR) is 113 cm³/mol. The number of carbonyl (C=O) groups is 1. The van der Waals surface area contributed by atoms with E-state index in [2.05, 4.69) is 10.4 Å². The molecule has 6 heteroatoms. The molecule has 0 spiro atoms. The molecule has 0 unspecified atom stereocenters. The first kappa shape index (κ1) is 19.4. The molecule has 0 saturated carbocycles. The van der Waals surface area contributed by atoms with Crippen molar-refractivity contribution in [3.8, 4) is 22.8 Å². The number of amides is 1. The molecule has 0 atom stereocenters. The van der Waals surface area contributed by atoms with Crippen molar-refractivity contribution in [3.05, 3.63) is 102 Å². The average Bonchev–Trinajstić information content (AvgIpc) is 3.18. The first-order valence-corrected chi connectivity index (χ1v) is 9.48. The highest BCUT2D eigenvalue weighted by molar-refractivity contribution is 6.02. The fourth-order valence-corrected chi connectivity index (χ4v) is 3.26. The molecule has 1 heterocycles. The standard InChI is InChI=1S/C24H20FN3O2/c1-30-24-21(23(29)26-16-17-9-8-12-19(25)15-17)22(18-10-4-2-5-11-18)27-28(24)20-13-6-3-7-14-20/h2-15H,16H2,1H3,(H,26,29). The van der Waals surface area contributed by atoms with Crippen LogP contribution in [0.4, 0.5) is 4.39 Å². The highest BCUT2D eigenvalue weighted by Crippen LogP contribution is 2.32. The van der Waals surface area contributed by atoms with Gasteiger partial charge in [-0.2, -0.15) is 9.78 Å². The average molecular weight is 401 g/mol. The Kier molecular flexibility index (Phi) is 5.57. The summed E-state index contributed by atoms with van der Waals surface area (Å²) in [6.45, 7) is 0.185. The van der Waals surface area contributed by atoms with E-state index in [0.717, 1.165) is 11.3 Å². The smallest absolute Gasteiger partial charge is 0.259 e. The van der Waals surface area contributed by atoms with Gasteiger partial charge in [-0.1, -0.05) is 60.7 Å². The van der Waals surface area contributed by atoms with E-state index in [0.29, 0.717) is 22.7 Å². The number of benzene rings is 3. The fourth-order valence-electron chi connectivity index (χ4n) is 3.26. The Labute approximate surface area is 173 Å². The number of methoxy groups -OCH3 is 1. The second kappa shape index (κ2) is 8.61. The molecule has 0 fully saturated rings. The Hall–Kier alpha value is -3.93. The first-order valence-electron chi connectivity index (χ1n) is 9.48. The molecular formula is C24H20FN3O2. The van der Waals surface area contributed by atoms with Crippen LogP contribution in [0.2, 0.25) is 0 Å². The second-order valence-corrected chi connectivity index (χ2v) is 6.66. The minimum atomic E-state index is -0.350. The number of rotatable bonds is 6. The molecule has 0 aliphatic carbocycles. The van der Waals surface area contributed by atoms with Gasteiger partial charge in [0.1, 0.15) is 17.1 Å². The van der Waals surface area contributed by atoms with Crippen molar-refractivity contribution in [2.75, 3.05) is 7.11 Å². The van der Waals surface area contributed by atoms with Crippen molar-refractivity contribution in [1.82, 2.24) is 15.1 Å². The summed E-state index contributed by atoms with van der Waals surface area (Å²) >= 11 is 0. The minimum Gasteiger partial charge on any atom is -0.480 e. The van der Waals surface area contributed by atoms with Gasteiger partial charge in [0.15, 0.2) is 0 Å². The molecule has 0 radical (unpaired) electrons. The zero-order valence-electron chi connectivity index (χ0n) is 16.4. The molecule has 3 aromatic carbocycles. The normalized spacial score (nSPS) is 10.6. The van der Waals surface area contributed by atoms with Crippen LogP contribution in [-0.2, 0) is 6.54 Å². The van der Waals surface area contributed by atoms with Gasteiger partial charge in [-0.15, -0.1) is 0 Å². The molecule has 150 valence electrons. The number of nitrogens with one attached hydrogen (secondary N) is 1. The van der Waals surface area contributed by atoms with Crippen molar-refractivity contribution >= 4 is 5.91 Å². The molecule has 0 bridgehead atoms. The number of hydrogen-bond donors (Lipinski definition) is 1. The summed E-state index contributed by atoms with van der Waals surface area (Å²) in [6.07, 6.45) is 0. The Balaban J connectivity index is 1.76. The maximum atomic E-state index is 13.5. The minimum absolute atomic E-state index is 0.185. The van der Waals surface area contributed by atoms with Crippen LogP contribution in [0.15, 0.2) is 84.9 Å². The van der Waals surface area contributed by atoms with Crippen LogP contribution in [0, 0.1) is 5.82 Å². The third-order valence-corrected chi connectivity index (χ3v) is 4.65. The number of carbonyl (C=O) groups excluding carboxylic acids is 1. The van der Waals surface area contributed by atoms with Gasteiger partial charge in [-0.05, 0) is 29.8 Å². The number of para-hydroxylation sites is 1. The highest BCUT2D eigenvalue weighted by Gasteiger charge is 2.26. The summed E-state index contributed by atoms with van der Waals surface area (Å²) in [6, 6.07) is 25.0. The van der Waals surface area contributed by atoms with Gasteiger partial charge >= 0.3 is 0 Å². The summed E-state index contributed by atoms with van der Waals surface area (Å²) in [5, 5.41) is 7.54. The molecule has 4 aromatic rings. The van der Waals surface area contributed by atoms with E-state index in [9.17, 15) is 9.18 Å². The lowest BCUT2D eigenvalue weighted by Gasteiger charge is -2.09. The van der Waals surface area contributed by atoms with Crippen LogP contribution in [0.3, 0.4) is 0 Å². The number of ether oxygens (including phenoxy) is 1. The van der Waals surface area contributed by atoms with Crippen LogP contribution < -0.4 is 10.1 Å². The molecule has 4 rings (SSSR count). The van der Waals surface area contributed by atoms with E-state index in [-0.39, 0.29) is 18.3 Å². The van der Waals surface area contributed by atoms with E-state index in [1.807, 2.05) is 60.7 Å². The molecule has 1 aromatic heterocycles. The summed E-state index contributed by atoms with van der Waals surface area (Å²) in [7, 11) is 1.51. The first-order chi connectivity index (χ1) is 14.7. The molecule has 0 aliphatic heterocycles. The number of hydrogen-bond acceptors (Lipinski definition) is 3. The van der Waals surface area contributed by atoms with Crippen LogP contribution in [0.1, 0.15) is 15.9 Å². The Bertz CT molecular complexity index is 1160. The zero-order valence-corrected chi connectivity index (χ0v) is 16.4. The van der Waals surface area contributed by atoms with E-state index >= 15 is 0 Å². The van der Waals surface area contributed by atoms with E-state index in [4.69, 9.17) is 4.74 Å². The lowest BCUT2D eigenvalue weighted by molar-refractivity contribution is 0.0948. The fraction of sp³-hybridized carbons (Fsp3) is 0.0833. The van der Waals surface area contributed by atoms with Crippen LogP contribution >= 0.6 is 0 Å². The molecule has 0 aliphatic rings. The maximum absolute atomic E-state index is 13.5. The largest absolute Gasteiger partial charge is 0.480 e. The van der Waals surface area contributed by atoms with Gasteiger partial charge in [-0.25, -0.2) is 4.39 Å². The van der Waals surface area contributed by atoms with Gasteiger partial charge in [0, 0.05) is 12.1 Å². The van der Waals surface area contributed by atoms with Crippen molar-refractivity contribution in [1.29, 1.82) is 0 Å². The summed E-state index contributed by atoms with van der Waals surface area (Å²) in [5.74, 6) is -0.366. The SMILES string of the molecule is COc1c(C(=O)NCc2cccc(F)c2)c(-c2ccccc2)nn1-c1ccccc1. The van der Waals surface area contributed by atoms with Gasteiger partial charge in [0.05, 0.1) is 12.8 Å². The highest BCUT2D eigenvalue weighted by atomic mass is 19.1.